The number of anilines is 4. The topological polar surface area (TPSA) is 93.0 Å². The first-order chi connectivity index (χ1) is 26.7. The third-order valence-corrected chi connectivity index (χ3v) is 7.91. The molecule has 0 saturated heterocycles. The van der Waals surface area contributed by atoms with Gasteiger partial charge in [0.1, 0.15) is 0 Å². The Bertz CT molecular complexity index is 2040. The highest BCUT2D eigenvalue weighted by atomic mass is 15.5. The lowest BCUT2D eigenvalue weighted by Crippen LogP contribution is -2.28. The maximum absolute atomic E-state index is 4.03. The second kappa shape index (κ2) is 21.3. The normalized spacial score (nSPS) is 9.98. The summed E-state index contributed by atoms with van der Waals surface area (Å²) >= 11 is 0. The van der Waals surface area contributed by atoms with Crippen LogP contribution >= 0.6 is 0 Å². The summed E-state index contributed by atoms with van der Waals surface area (Å²) in [5.41, 5.74) is 7.63. The number of aromatic nitrogens is 8. The standard InChI is InChI=1S/C12H15N3.C11H13N3.C10H11N3.C9H9N3/c1-2-9-15(14-10-3-4-11-14)12-5-7-13-8-6-12;1-2-14(13-9-3-4-10-13)11-5-7-12-8-6-11;1-12(13-8-2-3-9-13)10-4-6-11-7-5-10;1-2-8-12(7-1)11-9-3-5-10-6-4-9/h3-8,10-11H,2,9H2,1H3;3-10H,2H2,1H3;2-9H,1H3;1-8H,(H,10,11). The summed E-state index contributed by atoms with van der Waals surface area (Å²) < 4.78 is 8.05. The van der Waals surface area contributed by atoms with E-state index in [1.54, 1.807) is 24.8 Å². The highest BCUT2D eigenvalue weighted by Gasteiger charge is 2.06. The molecule has 0 fully saturated rings. The van der Waals surface area contributed by atoms with Crippen LogP contribution in [0.25, 0.3) is 0 Å². The molecule has 0 aliphatic rings. The van der Waals surface area contributed by atoms with Crippen LogP contribution in [0, 0.1) is 0 Å². The van der Waals surface area contributed by atoms with Gasteiger partial charge >= 0.3 is 0 Å². The number of nitrogens with one attached hydrogen (secondary N) is 1. The first kappa shape index (κ1) is 38.2. The van der Waals surface area contributed by atoms with Crippen LogP contribution in [0.1, 0.15) is 20.3 Å². The SMILES string of the molecule is CCCN(c1ccncc1)n1cccc1.CCN(c1ccncc1)n1cccc1.CN(c1ccncc1)n1cccc1.c1ccn(Nc2ccncc2)c1. The zero-order chi connectivity index (χ0) is 37.6. The molecule has 8 heterocycles. The maximum atomic E-state index is 4.03. The van der Waals surface area contributed by atoms with Gasteiger partial charge in [0, 0.05) is 119 Å². The molecule has 54 heavy (non-hydrogen) atoms. The van der Waals surface area contributed by atoms with Gasteiger partial charge in [-0.2, -0.15) is 0 Å². The fourth-order valence-corrected chi connectivity index (χ4v) is 5.28. The molecular weight excluding hydrogens is 673 g/mol. The number of nitrogens with zero attached hydrogens (tertiary/aromatic N) is 11. The van der Waals surface area contributed by atoms with E-state index in [-0.39, 0.29) is 0 Å². The summed E-state index contributed by atoms with van der Waals surface area (Å²) in [6.45, 7) is 6.23. The van der Waals surface area contributed by atoms with Crippen LogP contribution in [0.5, 0.6) is 0 Å². The summed E-state index contributed by atoms with van der Waals surface area (Å²) in [5.74, 6) is 0. The van der Waals surface area contributed by atoms with Crippen molar-refractivity contribution in [3.05, 3.63) is 196 Å². The zero-order valence-corrected chi connectivity index (χ0v) is 31.0. The molecule has 0 radical (unpaired) electrons. The van der Waals surface area contributed by atoms with Crippen molar-refractivity contribution in [2.75, 3.05) is 40.6 Å². The smallest absolute Gasteiger partial charge is 0.0608 e. The van der Waals surface area contributed by atoms with Crippen molar-refractivity contribution in [2.24, 2.45) is 0 Å². The minimum atomic E-state index is 0.929. The van der Waals surface area contributed by atoms with E-state index >= 15 is 0 Å². The van der Waals surface area contributed by atoms with Gasteiger partial charge in [-0.15, -0.1) is 0 Å². The van der Waals surface area contributed by atoms with E-state index < -0.39 is 0 Å². The van der Waals surface area contributed by atoms with Gasteiger partial charge in [-0.05, 0) is 110 Å². The van der Waals surface area contributed by atoms with Crippen molar-refractivity contribution in [2.45, 2.75) is 20.3 Å². The van der Waals surface area contributed by atoms with Crippen LogP contribution in [0.3, 0.4) is 0 Å². The van der Waals surface area contributed by atoms with Crippen molar-refractivity contribution in [3.8, 4) is 0 Å². The molecule has 1 N–H and O–H groups in total. The molecule has 8 rings (SSSR count). The predicted octanol–water partition coefficient (Wildman–Crippen LogP) is 8.28. The lowest BCUT2D eigenvalue weighted by atomic mass is 10.3. The third kappa shape index (κ3) is 11.7. The number of hydrogen-bond acceptors (Lipinski definition) is 8. The molecule has 0 aromatic carbocycles. The highest BCUT2D eigenvalue weighted by Crippen LogP contribution is 2.15. The molecule has 0 unspecified atom stereocenters. The van der Waals surface area contributed by atoms with E-state index in [4.69, 9.17) is 0 Å². The Morgan fingerprint density at radius 1 is 0.463 bits per heavy atom. The Kier molecular flexibility index (Phi) is 15.1. The second-order valence-electron chi connectivity index (χ2n) is 11.6. The van der Waals surface area contributed by atoms with E-state index in [1.807, 2.05) is 180 Å². The summed E-state index contributed by atoms with van der Waals surface area (Å²) in [5, 5.41) is 6.44. The Morgan fingerprint density at radius 2 is 0.833 bits per heavy atom. The van der Waals surface area contributed by atoms with E-state index in [0.717, 1.165) is 36.6 Å². The van der Waals surface area contributed by atoms with Crippen molar-refractivity contribution < 1.29 is 0 Å². The summed E-state index contributed by atoms with van der Waals surface area (Å²) in [4.78, 5) is 15.9. The molecule has 0 bridgehead atoms. The third-order valence-electron chi connectivity index (χ3n) is 7.91. The van der Waals surface area contributed by atoms with Gasteiger partial charge in [0.15, 0.2) is 0 Å². The Morgan fingerprint density at radius 3 is 1.28 bits per heavy atom. The fraction of sp³-hybridized carbons (Fsp3) is 0.143. The summed E-state index contributed by atoms with van der Waals surface area (Å²) in [6.07, 6.45) is 31.5. The fourth-order valence-electron chi connectivity index (χ4n) is 5.28. The molecule has 8 aromatic rings. The van der Waals surface area contributed by atoms with Crippen LogP contribution in [-0.4, -0.2) is 58.8 Å². The van der Waals surface area contributed by atoms with Gasteiger partial charge in [0.2, 0.25) is 0 Å². The monoisotopic (exact) mass is 720 g/mol. The van der Waals surface area contributed by atoms with E-state index in [1.165, 1.54) is 5.69 Å². The van der Waals surface area contributed by atoms with Crippen molar-refractivity contribution >= 4 is 22.7 Å². The Labute approximate surface area is 317 Å². The average molecular weight is 721 g/mol. The number of hydrogen-bond donors (Lipinski definition) is 1. The highest BCUT2D eigenvalue weighted by molar-refractivity contribution is 5.45. The van der Waals surface area contributed by atoms with E-state index in [2.05, 4.69) is 71.0 Å². The maximum Gasteiger partial charge on any atom is 0.0608 e. The Balaban J connectivity index is 0.000000139. The lowest BCUT2D eigenvalue weighted by molar-refractivity contribution is 0.678. The number of pyridine rings is 4. The van der Waals surface area contributed by atoms with Gasteiger partial charge in [-0.3, -0.25) is 59.1 Å². The summed E-state index contributed by atoms with van der Waals surface area (Å²) in [6, 6.07) is 31.9. The van der Waals surface area contributed by atoms with Gasteiger partial charge in [-0.25, -0.2) is 0 Å². The zero-order valence-electron chi connectivity index (χ0n) is 31.0. The molecule has 0 spiro atoms. The second-order valence-corrected chi connectivity index (χ2v) is 11.6. The largest absolute Gasteiger partial charge is 0.295 e. The van der Waals surface area contributed by atoms with Crippen molar-refractivity contribution in [3.63, 3.8) is 0 Å². The van der Waals surface area contributed by atoms with Crippen LogP contribution in [0.15, 0.2) is 196 Å². The number of rotatable bonds is 11. The Hall–Kier alpha value is -7.08. The quantitative estimate of drug-likeness (QED) is 0.143. The first-order valence-corrected chi connectivity index (χ1v) is 17.8. The van der Waals surface area contributed by atoms with Crippen LogP contribution < -0.4 is 20.5 Å². The molecule has 12 heteroatoms. The van der Waals surface area contributed by atoms with Gasteiger partial charge < -0.3 is 0 Å². The lowest BCUT2D eigenvalue weighted by Gasteiger charge is -2.25. The minimum absolute atomic E-state index is 0.929. The molecule has 0 atom stereocenters. The molecule has 8 aromatic heterocycles. The van der Waals surface area contributed by atoms with Crippen LogP contribution in [0.4, 0.5) is 22.7 Å². The van der Waals surface area contributed by atoms with Gasteiger partial charge in [-0.1, -0.05) is 6.92 Å². The van der Waals surface area contributed by atoms with E-state index in [0.29, 0.717) is 0 Å². The molecular formula is C42H48N12. The molecule has 12 nitrogen and oxygen atoms in total. The summed E-state index contributed by atoms with van der Waals surface area (Å²) in [7, 11) is 2.01. The van der Waals surface area contributed by atoms with Gasteiger partial charge in [0.05, 0.1) is 22.7 Å². The minimum Gasteiger partial charge on any atom is -0.295 e. The van der Waals surface area contributed by atoms with Crippen LogP contribution in [0.2, 0.25) is 0 Å². The molecule has 0 saturated carbocycles. The molecule has 276 valence electrons. The van der Waals surface area contributed by atoms with Crippen LogP contribution in [-0.2, 0) is 0 Å². The molecule has 0 aliphatic heterocycles. The van der Waals surface area contributed by atoms with Crippen molar-refractivity contribution in [1.82, 2.24) is 38.6 Å². The first-order valence-electron chi connectivity index (χ1n) is 17.8. The predicted molar refractivity (Wildman–Crippen MR) is 219 cm³/mol. The van der Waals surface area contributed by atoms with Gasteiger partial charge in [0.25, 0.3) is 0 Å². The van der Waals surface area contributed by atoms with Crippen molar-refractivity contribution in [1.29, 1.82) is 0 Å². The van der Waals surface area contributed by atoms with E-state index in [9.17, 15) is 0 Å². The molecule has 0 aliphatic carbocycles. The molecule has 0 amide bonds. The average Bonchev–Trinajstić information content (AvgIpc) is 4.09.